The van der Waals surface area contributed by atoms with E-state index in [1.807, 2.05) is 24.3 Å². The van der Waals surface area contributed by atoms with Gasteiger partial charge in [-0.1, -0.05) is 11.6 Å². The van der Waals surface area contributed by atoms with Crippen LogP contribution in [0.15, 0.2) is 36.2 Å². The van der Waals surface area contributed by atoms with Crippen LogP contribution in [-0.2, 0) is 0 Å². The Morgan fingerprint density at radius 3 is 2.75 bits per heavy atom. The minimum absolute atomic E-state index is 0.743. The van der Waals surface area contributed by atoms with Crippen molar-refractivity contribution in [2.75, 3.05) is 6.54 Å². The van der Waals surface area contributed by atoms with E-state index in [0.29, 0.717) is 0 Å². The van der Waals surface area contributed by atoms with Crippen LogP contribution in [0.3, 0.4) is 0 Å². The van der Waals surface area contributed by atoms with Crippen molar-refractivity contribution in [2.24, 2.45) is 5.73 Å². The molecule has 1 aromatic carbocycles. The summed E-state index contributed by atoms with van der Waals surface area (Å²) in [6.07, 6.45) is 3.74. The van der Waals surface area contributed by atoms with Crippen LogP contribution < -0.4 is 16.0 Å². The molecule has 1 aliphatic rings. The molecule has 0 aliphatic carbocycles. The molecule has 0 saturated carbocycles. The van der Waals surface area contributed by atoms with Crippen LogP contribution in [0.25, 0.3) is 0 Å². The minimum Gasteiger partial charge on any atom is -0.403 e. The molecule has 1 heterocycles. The predicted molar refractivity (Wildman–Crippen MR) is 66.6 cm³/mol. The maximum Gasteiger partial charge on any atom is 0.204 e. The quantitative estimate of drug-likeness (QED) is 0.672. The Kier molecular flexibility index (Phi) is 3.47. The van der Waals surface area contributed by atoms with Crippen LogP contribution >= 0.6 is 11.6 Å². The van der Waals surface area contributed by atoms with E-state index in [9.17, 15) is 0 Å². The third kappa shape index (κ3) is 2.55. The molecule has 1 saturated heterocycles. The number of nitrogens with two attached hydrogens (primary N) is 1. The van der Waals surface area contributed by atoms with Crippen molar-refractivity contribution >= 4 is 23.0 Å². The Bertz CT molecular complexity index is 420. The number of benzene rings is 1. The maximum atomic E-state index is 5.83. The topological polar surface area (TPSA) is 52.0 Å². The van der Waals surface area contributed by atoms with E-state index in [4.69, 9.17) is 17.3 Å². The van der Waals surface area contributed by atoms with Crippen LogP contribution in [0.5, 0.6) is 0 Å². The third-order valence-electron chi connectivity index (χ3n) is 2.55. The van der Waals surface area contributed by atoms with Gasteiger partial charge in [0.05, 0.1) is 0 Å². The Morgan fingerprint density at radius 2 is 2.06 bits per heavy atom. The molecule has 0 radical (unpaired) electrons. The average molecular weight is 237 g/mol. The first-order valence-electron chi connectivity index (χ1n) is 5.34. The van der Waals surface area contributed by atoms with Gasteiger partial charge in [0.15, 0.2) is 0 Å². The summed E-state index contributed by atoms with van der Waals surface area (Å²) in [5.74, 6) is 0. The molecule has 0 unspecified atom stereocenters. The van der Waals surface area contributed by atoms with Gasteiger partial charge < -0.3 is 11.1 Å². The molecular formula is C12H15ClN3+. The Labute approximate surface area is 100 Å². The maximum absolute atomic E-state index is 5.83. The van der Waals surface area contributed by atoms with Gasteiger partial charge in [0.25, 0.3) is 0 Å². The normalized spacial score (nSPS) is 21.1. The standard InChI is InChI=1S/C12H14ClN3/c13-9-3-5-10(6-4-9)16-11-2-1-7-15-12(11)8-14/h3-6,8,15H,1-2,7,14H2/p+1. The van der Waals surface area contributed by atoms with Gasteiger partial charge in [-0.25, -0.2) is 4.99 Å². The summed E-state index contributed by atoms with van der Waals surface area (Å²) in [7, 11) is 0. The minimum atomic E-state index is 0.743. The van der Waals surface area contributed by atoms with Gasteiger partial charge in [0, 0.05) is 36.3 Å². The third-order valence-corrected chi connectivity index (χ3v) is 2.80. The molecule has 0 atom stereocenters. The summed E-state index contributed by atoms with van der Waals surface area (Å²) in [6.45, 7) is 0.981. The highest BCUT2D eigenvalue weighted by molar-refractivity contribution is 6.30. The van der Waals surface area contributed by atoms with Gasteiger partial charge in [-0.05, 0) is 18.6 Å². The van der Waals surface area contributed by atoms with Gasteiger partial charge >= 0.3 is 0 Å². The first-order valence-corrected chi connectivity index (χ1v) is 5.72. The molecule has 3 nitrogen and oxygen atoms in total. The predicted octanol–water partition coefficient (Wildman–Crippen LogP) is 0.677. The molecule has 0 spiro atoms. The smallest absolute Gasteiger partial charge is 0.204 e. The van der Waals surface area contributed by atoms with Crippen molar-refractivity contribution in [3.63, 3.8) is 0 Å². The van der Waals surface area contributed by atoms with Crippen molar-refractivity contribution < 1.29 is 4.99 Å². The molecule has 1 aromatic rings. The van der Waals surface area contributed by atoms with Crippen molar-refractivity contribution in [3.8, 4) is 0 Å². The van der Waals surface area contributed by atoms with Crippen molar-refractivity contribution in [3.05, 3.63) is 41.2 Å². The number of hydrogen-bond acceptors (Lipinski definition) is 2. The van der Waals surface area contributed by atoms with Gasteiger partial charge in [0.2, 0.25) is 11.4 Å². The van der Waals surface area contributed by atoms with E-state index in [0.717, 1.165) is 41.5 Å². The lowest BCUT2D eigenvalue weighted by atomic mass is 10.1. The molecule has 0 amide bonds. The number of nitrogens with one attached hydrogen (secondary N) is 2. The summed E-state index contributed by atoms with van der Waals surface area (Å²) in [6, 6.07) is 7.65. The Hall–Kier alpha value is -1.48. The van der Waals surface area contributed by atoms with Crippen LogP contribution in [-0.4, -0.2) is 12.3 Å². The van der Waals surface area contributed by atoms with Crippen molar-refractivity contribution in [2.45, 2.75) is 12.8 Å². The van der Waals surface area contributed by atoms with Crippen LogP contribution in [0, 0.1) is 0 Å². The van der Waals surface area contributed by atoms with E-state index in [1.165, 1.54) is 0 Å². The summed E-state index contributed by atoms with van der Waals surface area (Å²) in [5, 5.41) is 4.00. The monoisotopic (exact) mass is 236 g/mol. The van der Waals surface area contributed by atoms with E-state index in [2.05, 4.69) is 10.3 Å². The average Bonchev–Trinajstić information content (AvgIpc) is 2.33. The second-order valence-electron chi connectivity index (χ2n) is 3.72. The lowest BCUT2D eigenvalue weighted by Crippen LogP contribution is -2.68. The molecule has 1 aliphatic heterocycles. The van der Waals surface area contributed by atoms with E-state index < -0.39 is 0 Å². The van der Waals surface area contributed by atoms with Crippen molar-refractivity contribution in [1.82, 2.24) is 5.32 Å². The zero-order valence-corrected chi connectivity index (χ0v) is 9.72. The molecule has 0 bridgehead atoms. The fourth-order valence-electron chi connectivity index (χ4n) is 1.73. The summed E-state index contributed by atoms with van der Waals surface area (Å²) in [4.78, 5) is 3.36. The number of rotatable bonds is 1. The lowest BCUT2D eigenvalue weighted by Gasteiger charge is -2.14. The molecule has 2 rings (SSSR count). The number of allylic oxidation sites excluding steroid dienone is 1. The Balaban J connectivity index is 2.25. The first kappa shape index (κ1) is 11.0. The van der Waals surface area contributed by atoms with E-state index >= 15 is 0 Å². The van der Waals surface area contributed by atoms with E-state index in [-0.39, 0.29) is 0 Å². The molecule has 4 heteroatoms. The largest absolute Gasteiger partial charge is 0.403 e. The van der Waals surface area contributed by atoms with Gasteiger partial charge in [0.1, 0.15) is 5.70 Å². The first-order chi connectivity index (χ1) is 7.79. The summed E-state index contributed by atoms with van der Waals surface area (Å²) < 4.78 is 0. The summed E-state index contributed by atoms with van der Waals surface area (Å²) >= 11 is 5.83. The van der Waals surface area contributed by atoms with Gasteiger partial charge in [-0.2, -0.15) is 0 Å². The highest BCUT2D eigenvalue weighted by Gasteiger charge is 2.17. The van der Waals surface area contributed by atoms with Crippen molar-refractivity contribution in [1.29, 1.82) is 0 Å². The molecular weight excluding hydrogens is 222 g/mol. The second kappa shape index (κ2) is 5.03. The number of hydrogen-bond donors (Lipinski definition) is 3. The molecule has 1 fully saturated rings. The number of halogens is 1. The summed E-state index contributed by atoms with van der Waals surface area (Å²) in [5.41, 5.74) is 8.72. The van der Waals surface area contributed by atoms with E-state index in [1.54, 1.807) is 6.20 Å². The SMILES string of the molecule is NC=C1NCCCC1=[NH+]c1ccc(Cl)cc1. The molecule has 0 aromatic heterocycles. The zero-order valence-electron chi connectivity index (χ0n) is 8.96. The molecule has 16 heavy (non-hydrogen) atoms. The highest BCUT2D eigenvalue weighted by atomic mass is 35.5. The fraction of sp³-hybridized carbons (Fsp3) is 0.250. The van der Waals surface area contributed by atoms with Crippen LogP contribution in [0.4, 0.5) is 5.69 Å². The van der Waals surface area contributed by atoms with Gasteiger partial charge in [-0.3, -0.25) is 0 Å². The van der Waals surface area contributed by atoms with Gasteiger partial charge in [-0.15, -0.1) is 0 Å². The number of piperidine rings is 1. The van der Waals surface area contributed by atoms with Crippen LogP contribution in [0.1, 0.15) is 12.8 Å². The molecule has 4 N–H and O–H groups in total. The van der Waals surface area contributed by atoms with Crippen LogP contribution in [0.2, 0.25) is 5.02 Å². The zero-order chi connectivity index (χ0) is 11.4. The highest BCUT2D eigenvalue weighted by Crippen LogP contribution is 2.09. The molecule has 84 valence electrons. The second-order valence-corrected chi connectivity index (χ2v) is 4.16. The Morgan fingerprint density at radius 1 is 1.31 bits per heavy atom. The fourth-order valence-corrected chi connectivity index (χ4v) is 1.85. The lowest BCUT2D eigenvalue weighted by molar-refractivity contribution is -0.355.